The molecule has 13 heavy (non-hydrogen) atoms. The van der Waals surface area contributed by atoms with Crippen LogP contribution in [-0.4, -0.2) is 22.9 Å². The predicted octanol–water partition coefficient (Wildman–Crippen LogP) is 1.19. The Morgan fingerprint density at radius 2 is 2.38 bits per heavy atom. The molecule has 0 aliphatic heterocycles. The lowest BCUT2D eigenvalue weighted by molar-refractivity contribution is 0.273. The summed E-state index contributed by atoms with van der Waals surface area (Å²) in [5.41, 5.74) is 5.36. The number of ether oxygens (including phenoxy) is 1. The zero-order valence-electron chi connectivity index (χ0n) is 8.23. The highest BCUT2D eigenvalue weighted by atomic mass is 16.5. The van der Waals surface area contributed by atoms with Crippen LogP contribution in [0.4, 0.5) is 0 Å². The van der Waals surface area contributed by atoms with Crippen molar-refractivity contribution in [3.05, 3.63) is 12.3 Å². The van der Waals surface area contributed by atoms with E-state index < -0.39 is 0 Å². The number of hydrogen-bond donors (Lipinski definition) is 1. The summed E-state index contributed by atoms with van der Waals surface area (Å²) in [6.45, 7) is 5.47. The van der Waals surface area contributed by atoms with Crippen LogP contribution in [-0.2, 0) is 0 Å². The van der Waals surface area contributed by atoms with E-state index in [0.717, 1.165) is 12.3 Å². The number of rotatable bonds is 5. The molecular formula is C9H17N3O. The van der Waals surface area contributed by atoms with Gasteiger partial charge in [0.05, 0.1) is 18.8 Å². The van der Waals surface area contributed by atoms with E-state index in [1.54, 1.807) is 6.20 Å². The van der Waals surface area contributed by atoms with Crippen molar-refractivity contribution in [2.45, 2.75) is 26.3 Å². The molecule has 4 nitrogen and oxygen atoms in total. The molecule has 1 aromatic heterocycles. The van der Waals surface area contributed by atoms with Gasteiger partial charge in [-0.1, -0.05) is 0 Å². The van der Waals surface area contributed by atoms with Crippen LogP contribution in [0, 0.1) is 0 Å². The summed E-state index contributed by atoms with van der Waals surface area (Å²) >= 11 is 0. The fraction of sp³-hybridized carbons (Fsp3) is 0.667. The normalized spacial score (nSPS) is 10.8. The Bertz CT molecular complexity index is 245. The van der Waals surface area contributed by atoms with E-state index in [2.05, 4.69) is 18.9 Å². The van der Waals surface area contributed by atoms with Gasteiger partial charge in [-0.25, -0.2) is 4.68 Å². The van der Waals surface area contributed by atoms with E-state index in [9.17, 15) is 0 Å². The average molecular weight is 183 g/mol. The van der Waals surface area contributed by atoms with Gasteiger partial charge in [0.2, 0.25) is 5.88 Å². The first-order valence-corrected chi connectivity index (χ1v) is 4.62. The van der Waals surface area contributed by atoms with Crippen LogP contribution in [0.15, 0.2) is 12.3 Å². The minimum absolute atomic E-state index is 0.336. The summed E-state index contributed by atoms with van der Waals surface area (Å²) in [7, 11) is 0. The molecule has 0 atom stereocenters. The van der Waals surface area contributed by atoms with Gasteiger partial charge in [-0.15, -0.1) is 0 Å². The molecule has 1 heterocycles. The second-order valence-electron chi connectivity index (χ2n) is 3.20. The Hall–Kier alpha value is -1.03. The predicted molar refractivity (Wildman–Crippen MR) is 51.8 cm³/mol. The molecule has 0 saturated carbocycles. The lowest BCUT2D eigenvalue weighted by atomic mass is 10.4. The number of nitrogens with two attached hydrogens (primary N) is 1. The SMILES string of the molecule is CC(C)n1nccc1OCCCN. The van der Waals surface area contributed by atoms with Crippen LogP contribution >= 0.6 is 0 Å². The van der Waals surface area contributed by atoms with Crippen molar-refractivity contribution >= 4 is 0 Å². The quantitative estimate of drug-likeness (QED) is 0.698. The molecule has 74 valence electrons. The second-order valence-corrected chi connectivity index (χ2v) is 3.20. The zero-order chi connectivity index (χ0) is 9.68. The molecule has 1 aromatic rings. The molecule has 0 aliphatic carbocycles. The van der Waals surface area contributed by atoms with Crippen molar-refractivity contribution < 1.29 is 4.74 Å². The highest BCUT2D eigenvalue weighted by Crippen LogP contribution is 2.15. The van der Waals surface area contributed by atoms with Crippen molar-refractivity contribution in [3.8, 4) is 5.88 Å². The van der Waals surface area contributed by atoms with Crippen molar-refractivity contribution in [2.24, 2.45) is 5.73 Å². The Kier molecular flexibility index (Phi) is 3.76. The standard InChI is InChI=1S/C9H17N3O/c1-8(2)12-9(4-6-11-12)13-7-3-5-10/h4,6,8H,3,5,7,10H2,1-2H3. The number of hydrogen-bond acceptors (Lipinski definition) is 3. The van der Waals surface area contributed by atoms with Crippen LogP contribution in [0.1, 0.15) is 26.3 Å². The molecule has 0 bridgehead atoms. The molecule has 4 heteroatoms. The second kappa shape index (κ2) is 4.87. The van der Waals surface area contributed by atoms with E-state index in [1.165, 1.54) is 0 Å². The van der Waals surface area contributed by atoms with Gasteiger partial charge in [0.25, 0.3) is 0 Å². The Morgan fingerprint density at radius 3 is 3.00 bits per heavy atom. The summed E-state index contributed by atoms with van der Waals surface area (Å²) in [5.74, 6) is 0.823. The minimum Gasteiger partial charge on any atom is -0.478 e. The van der Waals surface area contributed by atoms with Gasteiger partial charge >= 0.3 is 0 Å². The molecule has 0 unspecified atom stereocenters. The van der Waals surface area contributed by atoms with Crippen LogP contribution in [0.3, 0.4) is 0 Å². The highest BCUT2D eigenvalue weighted by molar-refractivity contribution is 5.08. The molecule has 0 spiro atoms. The van der Waals surface area contributed by atoms with Crippen LogP contribution in [0.2, 0.25) is 0 Å². The van der Waals surface area contributed by atoms with Crippen molar-refractivity contribution in [2.75, 3.05) is 13.2 Å². The van der Waals surface area contributed by atoms with Gasteiger partial charge in [-0.05, 0) is 26.8 Å². The largest absolute Gasteiger partial charge is 0.478 e. The first-order valence-electron chi connectivity index (χ1n) is 4.62. The summed E-state index contributed by atoms with van der Waals surface area (Å²) in [6.07, 6.45) is 2.63. The molecular weight excluding hydrogens is 166 g/mol. The molecule has 2 N–H and O–H groups in total. The van der Waals surface area contributed by atoms with E-state index in [-0.39, 0.29) is 0 Å². The zero-order valence-corrected chi connectivity index (χ0v) is 8.23. The number of nitrogens with zero attached hydrogens (tertiary/aromatic N) is 2. The maximum atomic E-state index is 5.50. The maximum Gasteiger partial charge on any atom is 0.211 e. The van der Waals surface area contributed by atoms with Crippen LogP contribution in [0.5, 0.6) is 5.88 Å². The fourth-order valence-electron chi connectivity index (χ4n) is 1.06. The van der Waals surface area contributed by atoms with Gasteiger partial charge in [0.1, 0.15) is 0 Å². The lowest BCUT2D eigenvalue weighted by Crippen LogP contribution is -2.10. The van der Waals surface area contributed by atoms with Gasteiger partial charge in [-0.3, -0.25) is 0 Å². The number of aromatic nitrogens is 2. The first kappa shape index (κ1) is 10.1. The summed E-state index contributed by atoms with van der Waals surface area (Å²) in [4.78, 5) is 0. The summed E-state index contributed by atoms with van der Waals surface area (Å²) in [5, 5.41) is 4.15. The topological polar surface area (TPSA) is 53.1 Å². The smallest absolute Gasteiger partial charge is 0.211 e. The maximum absolute atomic E-state index is 5.50. The van der Waals surface area contributed by atoms with Crippen molar-refractivity contribution in [1.29, 1.82) is 0 Å². The first-order chi connectivity index (χ1) is 6.25. The third kappa shape index (κ3) is 2.73. The minimum atomic E-state index is 0.336. The van der Waals surface area contributed by atoms with Gasteiger partial charge < -0.3 is 10.5 Å². The Balaban J connectivity index is 2.50. The summed E-state index contributed by atoms with van der Waals surface area (Å²) in [6, 6.07) is 2.21. The highest BCUT2D eigenvalue weighted by Gasteiger charge is 2.05. The molecule has 0 saturated heterocycles. The van der Waals surface area contributed by atoms with Crippen molar-refractivity contribution in [1.82, 2.24) is 9.78 Å². The van der Waals surface area contributed by atoms with Gasteiger partial charge in [0.15, 0.2) is 0 Å². The Labute approximate surface area is 78.7 Å². The molecule has 1 rings (SSSR count). The van der Waals surface area contributed by atoms with Crippen LogP contribution in [0.25, 0.3) is 0 Å². The molecule has 0 aliphatic rings. The van der Waals surface area contributed by atoms with E-state index >= 15 is 0 Å². The molecule has 0 fully saturated rings. The van der Waals surface area contributed by atoms with Gasteiger partial charge in [-0.2, -0.15) is 5.10 Å². The molecule has 0 radical (unpaired) electrons. The Morgan fingerprint density at radius 1 is 1.62 bits per heavy atom. The third-order valence-electron chi connectivity index (χ3n) is 1.72. The monoisotopic (exact) mass is 183 g/mol. The lowest BCUT2D eigenvalue weighted by Gasteiger charge is -2.11. The average Bonchev–Trinajstić information content (AvgIpc) is 2.53. The van der Waals surface area contributed by atoms with Gasteiger partial charge in [0, 0.05) is 6.07 Å². The third-order valence-corrected chi connectivity index (χ3v) is 1.72. The van der Waals surface area contributed by atoms with Crippen LogP contribution < -0.4 is 10.5 Å². The van der Waals surface area contributed by atoms with E-state index in [0.29, 0.717) is 19.2 Å². The molecule has 0 aromatic carbocycles. The molecule has 0 amide bonds. The van der Waals surface area contributed by atoms with E-state index in [4.69, 9.17) is 10.5 Å². The fourth-order valence-corrected chi connectivity index (χ4v) is 1.06. The summed E-state index contributed by atoms with van der Waals surface area (Å²) < 4.78 is 7.36. The van der Waals surface area contributed by atoms with E-state index in [1.807, 2.05) is 10.7 Å². The van der Waals surface area contributed by atoms with Crippen molar-refractivity contribution in [3.63, 3.8) is 0 Å².